The van der Waals surface area contributed by atoms with Crippen molar-refractivity contribution in [3.63, 3.8) is 0 Å². The number of anilines is 1. The number of benzene rings is 1. The Labute approximate surface area is 164 Å². The van der Waals surface area contributed by atoms with Crippen LogP contribution in [0.25, 0.3) is 10.9 Å². The molecule has 7 nitrogen and oxygen atoms in total. The van der Waals surface area contributed by atoms with E-state index in [4.69, 9.17) is 9.47 Å². The maximum atomic E-state index is 13.1. The van der Waals surface area contributed by atoms with E-state index in [1.807, 2.05) is 43.7 Å². The van der Waals surface area contributed by atoms with Gasteiger partial charge in [0.2, 0.25) is 0 Å². The number of nitrogens with one attached hydrogen (secondary N) is 1. The number of carbonyl (C=O) groups is 1. The van der Waals surface area contributed by atoms with Gasteiger partial charge in [0, 0.05) is 35.8 Å². The number of hydrogen-bond donors (Lipinski definition) is 1. The zero-order valence-electron chi connectivity index (χ0n) is 17.0. The minimum absolute atomic E-state index is 0.00465. The molecule has 0 aliphatic carbocycles. The van der Waals surface area contributed by atoms with E-state index in [1.54, 1.807) is 20.2 Å². The van der Waals surface area contributed by atoms with E-state index in [0.29, 0.717) is 36.2 Å². The summed E-state index contributed by atoms with van der Waals surface area (Å²) in [6.07, 6.45) is 1.60. The zero-order valence-corrected chi connectivity index (χ0v) is 17.0. The quantitative estimate of drug-likeness (QED) is 0.602. The Morgan fingerprint density at radius 2 is 2.07 bits per heavy atom. The number of nitrogens with zero attached hydrogens (tertiary/aromatic N) is 3. The maximum absolute atomic E-state index is 13.1. The van der Waals surface area contributed by atoms with Gasteiger partial charge in [-0.1, -0.05) is 6.07 Å². The van der Waals surface area contributed by atoms with Crippen LogP contribution in [0.2, 0.25) is 0 Å². The molecule has 148 valence electrons. The van der Waals surface area contributed by atoms with Crippen LogP contribution < -0.4 is 10.1 Å². The Kier molecular flexibility index (Phi) is 5.94. The van der Waals surface area contributed by atoms with Crippen molar-refractivity contribution in [3.8, 4) is 5.75 Å². The van der Waals surface area contributed by atoms with Crippen molar-refractivity contribution in [2.24, 2.45) is 7.05 Å². The lowest BCUT2D eigenvalue weighted by molar-refractivity contribution is 0.101. The van der Waals surface area contributed by atoms with E-state index in [2.05, 4.69) is 15.3 Å². The van der Waals surface area contributed by atoms with Gasteiger partial charge >= 0.3 is 0 Å². The lowest BCUT2D eigenvalue weighted by Gasteiger charge is -2.10. The van der Waals surface area contributed by atoms with Gasteiger partial charge in [0.15, 0.2) is 17.4 Å². The molecule has 0 saturated heterocycles. The van der Waals surface area contributed by atoms with Crippen molar-refractivity contribution in [1.29, 1.82) is 0 Å². The van der Waals surface area contributed by atoms with Crippen molar-refractivity contribution in [3.05, 3.63) is 47.0 Å². The second-order valence-electron chi connectivity index (χ2n) is 6.62. The summed E-state index contributed by atoms with van der Waals surface area (Å²) in [7, 11) is 3.52. The van der Waals surface area contributed by atoms with Crippen LogP contribution in [0.4, 0.5) is 5.82 Å². The molecule has 2 heterocycles. The van der Waals surface area contributed by atoms with Crippen LogP contribution in [0.3, 0.4) is 0 Å². The molecule has 7 heteroatoms. The van der Waals surface area contributed by atoms with Crippen LogP contribution in [0.5, 0.6) is 5.75 Å². The zero-order chi connectivity index (χ0) is 20.3. The standard InChI is InChI=1S/C21H26N4O3/c1-6-28-12-15-7-8-17-16(9-15)20(13(2)25(17)4)18(26)10-23-21-19(27-5)11-22-14(3)24-21/h7-9,11H,6,10,12H2,1-5H3,(H,22,23,24). The third kappa shape index (κ3) is 3.84. The molecule has 0 spiro atoms. The fraction of sp³-hybridized carbons (Fsp3) is 0.381. The molecular weight excluding hydrogens is 356 g/mol. The molecule has 3 aromatic rings. The van der Waals surface area contributed by atoms with E-state index < -0.39 is 0 Å². The highest BCUT2D eigenvalue weighted by molar-refractivity contribution is 6.11. The first kappa shape index (κ1) is 19.8. The minimum atomic E-state index is -0.00465. The smallest absolute Gasteiger partial charge is 0.184 e. The first-order valence-electron chi connectivity index (χ1n) is 9.26. The highest BCUT2D eigenvalue weighted by Crippen LogP contribution is 2.27. The number of rotatable bonds is 8. The highest BCUT2D eigenvalue weighted by atomic mass is 16.5. The number of hydrogen-bond acceptors (Lipinski definition) is 6. The molecule has 2 aromatic heterocycles. The number of methoxy groups -OCH3 is 1. The summed E-state index contributed by atoms with van der Waals surface area (Å²) in [5.74, 6) is 1.62. The molecule has 0 aliphatic heterocycles. The summed E-state index contributed by atoms with van der Waals surface area (Å²) in [5.41, 5.74) is 3.72. The van der Waals surface area contributed by atoms with Gasteiger partial charge in [0.05, 0.1) is 26.5 Å². The van der Waals surface area contributed by atoms with Crippen molar-refractivity contribution < 1.29 is 14.3 Å². The fourth-order valence-corrected chi connectivity index (χ4v) is 3.27. The molecule has 0 atom stereocenters. The minimum Gasteiger partial charge on any atom is -0.491 e. The molecule has 0 bridgehead atoms. The number of fused-ring (bicyclic) bond motifs is 1. The van der Waals surface area contributed by atoms with Gasteiger partial charge in [0.25, 0.3) is 0 Å². The van der Waals surface area contributed by atoms with Crippen LogP contribution in [0, 0.1) is 13.8 Å². The summed E-state index contributed by atoms with van der Waals surface area (Å²) in [5, 5.41) is 4.03. The number of aromatic nitrogens is 3. The van der Waals surface area contributed by atoms with Gasteiger partial charge in [-0.2, -0.15) is 0 Å². The molecule has 0 amide bonds. The number of aryl methyl sites for hydroxylation is 2. The van der Waals surface area contributed by atoms with Gasteiger partial charge in [-0.05, 0) is 38.5 Å². The maximum Gasteiger partial charge on any atom is 0.184 e. The summed E-state index contributed by atoms with van der Waals surface area (Å²) in [6, 6.07) is 6.12. The van der Waals surface area contributed by atoms with Crippen molar-refractivity contribution >= 4 is 22.5 Å². The van der Waals surface area contributed by atoms with Gasteiger partial charge in [0.1, 0.15) is 5.82 Å². The molecule has 0 fully saturated rings. The summed E-state index contributed by atoms with van der Waals surface area (Å²) >= 11 is 0. The van der Waals surface area contributed by atoms with Gasteiger partial charge in [-0.15, -0.1) is 0 Å². The molecule has 3 rings (SSSR count). The molecule has 0 aliphatic rings. The third-order valence-corrected chi connectivity index (χ3v) is 4.82. The van der Waals surface area contributed by atoms with E-state index in [-0.39, 0.29) is 12.3 Å². The van der Waals surface area contributed by atoms with E-state index in [9.17, 15) is 4.79 Å². The van der Waals surface area contributed by atoms with Crippen LogP contribution in [0.1, 0.15) is 34.4 Å². The Balaban J connectivity index is 1.90. The molecule has 0 unspecified atom stereocenters. The lowest BCUT2D eigenvalue weighted by atomic mass is 10.0. The fourth-order valence-electron chi connectivity index (χ4n) is 3.27. The van der Waals surface area contributed by atoms with Crippen molar-refractivity contribution in [1.82, 2.24) is 14.5 Å². The van der Waals surface area contributed by atoms with E-state index in [1.165, 1.54) is 0 Å². The Hall–Kier alpha value is -2.93. The number of ether oxygens (including phenoxy) is 2. The summed E-state index contributed by atoms with van der Waals surface area (Å²) in [4.78, 5) is 21.5. The normalized spacial score (nSPS) is 11.0. The summed E-state index contributed by atoms with van der Waals surface area (Å²) < 4.78 is 12.8. The Morgan fingerprint density at radius 3 is 2.79 bits per heavy atom. The van der Waals surface area contributed by atoms with Crippen LogP contribution in [-0.2, 0) is 18.4 Å². The van der Waals surface area contributed by atoms with Gasteiger partial charge in [-0.25, -0.2) is 9.97 Å². The molecule has 0 radical (unpaired) electrons. The number of carbonyl (C=O) groups excluding carboxylic acids is 1. The molecule has 1 N–H and O–H groups in total. The average Bonchev–Trinajstić information content (AvgIpc) is 2.94. The number of ketones is 1. The van der Waals surface area contributed by atoms with E-state index >= 15 is 0 Å². The number of Topliss-reactive ketones (excluding diaryl/α,β-unsaturated/α-hetero) is 1. The molecule has 28 heavy (non-hydrogen) atoms. The monoisotopic (exact) mass is 382 g/mol. The molecule has 0 saturated carbocycles. The predicted molar refractivity (Wildman–Crippen MR) is 109 cm³/mol. The first-order chi connectivity index (χ1) is 13.5. The van der Waals surface area contributed by atoms with Crippen LogP contribution >= 0.6 is 0 Å². The highest BCUT2D eigenvalue weighted by Gasteiger charge is 2.19. The first-order valence-corrected chi connectivity index (χ1v) is 9.26. The average molecular weight is 382 g/mol. The van der Waals surface area contributed by atoms with E-state index in [0.717, 1.165) is 22.2 Å². The van der Waals surface area contributed by atoms with Crippen molar-refractivity contribution in [2.45, 2.75) is 27.4 Å². The van der Waals surface area contributed by atoms with Gasteiger partial charge < -0.3 is 19.4 Å². The third-order valence-electron chi connectivity index (χ3n) is 4.82. The Bertz CT molecular complexity index is 1010. The molecular formula is C21H26N4O3. The predicted octanol–water partition coefficient (Wildman–Crippen LogP) is 3.43. The molecule has 1 aromatic carbocycles. The Morgan fingerprint density at radius 1 is 1.29 bits per heavy atom. The van der Waals surface area contributed by atoms with Gasteiger partial charge in [-0.3, -0.25) is 4.79 Å². The summed E-state index contributed by atoms with van der Waals surface area (Å²) in [6.45, 7) is 7.02. The largest absolute Gasteiger partial charge is 0.491 e. The lowest BCUT2D eigenvalue weighted by Crippen LogP contribution is -2.16. The second kappa shape index (κ2) is 8.39. The van der Waals surface area contributed by atoms with Crippen molar-refractivity contribution in [2.75, 3.05) is 25.6 Å². The van der Waals surface area contributed by atoms with Crippen LogP contribution in [0.15, 0.2) is 24.4 Å². The SMILES string of the molecule is CCOCc1ccc2c(c1)c(C(=O)CNc1nc(C)ncc1OC)c(C)n2C. The second-order valence-corrected chi connectivity index (χ2v) is 6.62. The topological polar surface area (TPSA) is 78.3 Å². The van der Waals surface area contributed by atoms with Crippen LogP contribution in [-0.4, -0.2) is 40.6 Å².